The van der Waals surface area contributed by atoms with E-state index in [0.29, 0.717) is 0 Å². The third kappa shape index (κ3) is 15.3. The van der Waals surface area contributed by atoms with Crippen LogP contribution in [0.4, 0.5) is 17.1 Å². The number of unbranched alkanes of at least 4 members (excludes halogenated alkanes) is 10. The molecule has 1 heteroatoms. The van der Waals surface area contributed by atoms with E-state index in [1.54, 1.807) is 11.1 Å². The van der Waals surface area contributed by atoms with Gasteiger partial charge < -0.3 is 4.90 Å². The van der Waals surface area contributed by atoms with Gasteiger partial charge in [0.15, 0.2) is 0 Å². The third-order valence-corrected chi connectivity index (χ3v) is 27.3. The number of aryl methyl sites for hydroxylation is 7. The number of anilines is 3. The van der Waals surface area contributed by atoms with Gasteiger partial charge in [0.1, 0.15) is 0 Å². The fourth-order valence-electron chi connectivity index (χ4n) is 21.3. The van der Waals surface area contributed by atoms with Gasteiger partial charge in [0.25, 0.3) is 0 Å². The van der Waals surface area contributed by atoms with Crippen LogP contribution in [0.3, 0.4) is 0 Å². The van der Waals surface area contributed by atoms with Crippen molar-refractivity contribution in [3.63, 3.8) is 0 Å². The summed E-state index contributed by atoms with van der Waals surface area (Å²) < 4.78 is 0. The Morgan fingerprint density at radius 3 is 0.792 bits per heavy atom. The number of hydrogen-bond acceptors (Lipinski definition) is 1. The molecule has 3 aliphatic carbocycles. The standard InChI is InChI=1S/C66H40.C31H46.C20H19N.C7H8/c1-37-21-25-41(26-22-37)57-45-19-11-9-17-43(45)55(39-13-5-3-6-14-39)63-51-33-29-47-50-32-36-54-62-52(34-30-48(60(50)62)49-31-35-53(65(57)63)61(51)59(47)49)64-56(40-15-7-4-8-16-40)44-18-10-12-20-46(44)58(66(54)64)42-27-23-38(2)24-28-42;1-5-7-9-11-13-15-21-31(22-16-14-12-10-8-6-2)29-23-25(3)17-19-27(29)28-20-18-26(4)24-30(28)31;1-16-8-12-19(13-9-16)21(18-6-4-3-5-7-18)20-14-10-17(2)11-15-20;1-7-5-3-2-4-6-7/h3-36H,1-2H3;17-20,23-24H,5-16,21-22H2,1-4H3;3-15H,1-2H3;2-6H,1H3. The highest BCUT2D eigenvalue weighted by molar-refractivity contribution is 6.33. The van der Waals surface area contributed by atoms with Crippen LogP contribution in [0, 0.1) is 90.2 Å². The van der Waals surface area contributed by atoms with E-state index in [0.717, 1.165) is 0 Å². The molecule has 0 radical (unpaired) electrons. The number of benzene rings is 19. The number of fused-ring (bicyclic) bond motifs is 9. The lowest BCUT2D eigenvalue weighted by Crippen LogP contribution is -2.25. The summed E-state index contributed by atoms with van der Waals surface area (Å²) in [6.07, 6.45) is 19.2. The lowest BCUT2D eigenvalue weighted by atomic mass is 9.70. The van der Waals surface area contributed by atoms with Gasteiger partial charge in [0.2, 0.25) is 0 Å². The molecule has 125 heavy (non-hydrogen) atoms. The van der Waals surface area contributed by atoms with Crippen LogP contribution < -0.4 is 4.90 Å². The first-order chi connectivity index (χ1) is 61.4. The molecule has 0 aromatic heterocycles. The highest BCUT2D eigenvalue weighted by Gasteiger charge is 2.42. The molecule has 0 fully saturated rings. The maximum Gasteiger partial charge on any atom is 0.0461 e. The molecule has 19 aromatic rings. The van der Waals surface area contributed by atoms with Crippen LogP contribution in [-0.2, 0) is 5.41 Å². The Kier molecular flexibility index (Phi) is 23.2. The Bertz CT molecular complexity index is 7190. The van der Waals surface area contributed by atoms with Crippen LogP contribution in [-0.4, -0.2) is 0 Å². The van der Waals surface area contributed by atoms with Crippen molar-refractivity contribution in [1.29, 1.82) is 0 Å². The molecule has 3 aliphatic rings. The van der Waals surface area contributed by atoms with Gasteiger partial charge in [-0.2, -0.15) is 0 Å². The Morgan fingerprint density at radius 2 is 0.472 bits per heavy atom. The molecule has 0 aliphatic heterocycles. The van der Waals surface area contributed by atoms with E-state index in [9.17, 15) is 0 Å². The summed E-state index contributed by atoms with van der Waals surface area (Å²) in [6, 6.07) is 131. The lowest BCUT2D eigenvalue weighted by molar-refractivity contribution is 0.397. The molecule has 19 aromatic carbocycles. The van der Waals surface area contributed by atoms with E-state index in [-0.39, 0.29) is 5.41 Å². The van der Waals surface area contributed by atoms with Gasteiger partial charge in [-0.1, -0.05) is 445 Å². The maximum atomic E-state index is 2.53. The first-order valence-corrected chi connectivity index (χ1v) is 46.2. The van der Waals surface area contributed by atoms with Crippen molar-refractivity contribution in [2.45, 2.75) is 158 Å². The zero-order valence-electron chi connectivity index (χ0n) is 74.3. The summed E-state index contributed by atoms with van der Waals surface area (Å²) >= 11 is 0. The van der Waals surface area contributed by atoms with Gasteiger partial charge in [0.05, 0.1) is 0 Å². The summed E-state index contributed by atoms with van der Waals surface area (Å²) in [4.78, 5) is 2.28. The predicted octanol–water partition coefficient (Wildman–Crippen LogP) is 34.9. The second-order valence-corrected chi connectivity index (χ2v) is 35.9. The zero-order valence-corrected chi connectivity index (χ0v) is 74.3. The number of nitrogens with zero attached hydrogens (tertiary/aromatic N) is 1. The molecule has 0 unspecified atom stereocenters. The molecule has 0 N–H and O–H groups in total. The van der Waals surface area contributed by atoms with E-state index in [2.05, 4.69) is 395 Å². The zero-order chi connectivity index (χ0) is 85.2. The number of rotatable bonds is 21. The molecule has 1 nitrogen and oxygen atoms in total. The fourth-order valence-corrected chi connectivity index (χ4v) is 21.3. The maximum absolute atomic E-state index is 2.53. The SMILES string of the molecule is CCCCCCCCC1(CCCCCCCC)c2cc(C)ccc2-c2ccc(C)cc21.Cc1ccc(-c2c3c(c(-c4ccccc4)c4ccccc24)=c2ccc4c5ccc6c7c(ccc(c8ccc=3c2c48)c75)=c2c(-c3ccccc3)c3ccccc3c(-c3ccc(C)cc3)c2=6)cc1.Cc1ccc(N(c2ccccc2)c2ccc(C)cc2)cc1.Cc1ccccc1. The Morgan fingerprint density at radius 1 is 0.208 bits per heavy atom. The second-order valence-electron chi connectivity index (χ2n) is 35.9. The summed E-state index contributed by atoms with van der Waals surface area (Å²) in [5.74, 6) is 0. The van der Waals surface area contributed by atoms with Gasteiger partial charge >= 0.3 is 0 Å². The summed E-state index contributed by atoms with van der Waals surface area (Å²) in [5.41, 5.74) is 29.6. The van der Waals surface area contributed by atoms with Crippen molar-refractivity contribution < 1.29 is 0 Å². The number of para-hydroxylation sites is 1. The fraction of sp³-hybridized carbons (Fsp3) is 0.194. The van der Waals surface area contributed by atoms with E-state index >= 15 is 0 Å². The predicted molar refractivity (Wildman–Crippen MR) is 537 cm³/mol. The monoisotopic (exact) mass is 1620 g/mol. The first kappa shape index (κ1) is 81.5. The molecule has 0 saturated heterocycles. The second kappa shape index (κ2) is 35.6. The smallest absolute Gasteiger partial charge is 0.0461 e. The molecule has 614 valence electrons. The highest BCUT2D eigenvalue weighted by atomic mass is 15.1. The Hall–Kier alpha value is -13.2. The molecule has 22 rings (SSSR count). The van der Waals surface area contributed by atoms with E-state index in [1.807, 2.05) is 24.3 Å². The molecular formula is C124H113N. The van der Waals surface area contributed by atoms with Crippen LogP contribution in [0.5, 0.6) is 0 Å². The van der Waals surface area contributed by atoms with Crippen molar-refractivity contribution in [1.82, 2.24) is 0 Å². The minimum absolute atomic E-state index is 0.234. The largest absolute Gasteiger partial charge is 0.311 e. The molecule has 0 spiro atoms. The van der Waals surface area contributed by atoms with Gasteiger partial charge in [-0.3, -0.25) is 0 Å². The van der Waals surface area contributed by atoms with Gasteiger partial charge in [-0.05, 0) is 271 Å². The van der Waals surface area contributed by atoms with Crippen LogP contribution in [0.25, 0.3) is 120 Å². The average molecular weight is 1620 g/mol. The molecule has 0 saturated carbocycles. The Balaban J connectivity index is 0.000000142. The summed E-state index contributed by atoms with van der Waals surface area (Å²) in [6.45, 7) is 19.8. The summed E-state index contributed by atoms with van der Waals surface area (Å²) in [5, 5.41) is 26.6. The lowest BCUT2D eigenvalue weighted by Gasteiger charge is -2.33. The minimum atomic E-state index is 0.234. The van der Waals surface area contributed by atoms with Crippen LogP contribution in [0.15, 0.2) is 352 Å². The van der Waals surface area contributed by atoms with E-state index in [4.69, 9.17) is 0 Å². The van der Waals surface area contributed by atoms with Crippen molar-refractivity contribution in [2.75, 3.05) is 4.90 Å². The van der Waals surface area contributed by atoms with Crippen LogP contribution in [0.2, 0.25) is 0 Å². The molecule has 0 bridgehead atoms. The number of hydrogen-bond donors (Lipinski definition) is 0. The molecule has 0 heterocycles. The van der Waals surface area contributed by atoms with Crippen LogP contribution in [0.1, 0.15) is 154 Å². The van der Waals surface area contributed by atoms with E-state index < -0.39 is 0 Å². The van der Waals surface area contributed by atoms with Gasteiger partial charge in [-0.15, -0.1) is 0 Å². The molecule has 0 amide bonds. The molecular weight excluding hydrogens is 1500 g/mol. The van der Waals surface area contributed by atoms with Crippen molar-refractivity contribution >= 4 is 81.7 Å². The Labute approximate surface area is 738 Å². The highest BCUT2D eigenvalue weighted by Crippen LogP contribution is 2.56. The first-order valence-electron chi connectivity index (χ1n) is 46.2. The minimum Gasteiger partial charge on any atom is -0.311 e. The normalized spacial score (nSPS) is 12.2. The van der Waals surface area contributed by atoms with Gasteiger partial charge in [-0.25, -0.2) is 0 Å². The molecule has 0 atom stereocenters. The van der Waals surface area contributed by atoms with Crippen LogP contribution >= 0.6 is 0 Å². The van der Waals surface area contributed by atoms with Gasteiger partial charge in [0, 0.05) is 22.5 Å². The summed E-state index contributed by atoms with van der Waals surface area (Å²) in [7, 11) is 0. The van der Waals surface area contributed by atoms with E-state index in [1.165, 1.54) is 308 Å². The quantitative estimate of drug-likeness (QED) is 0.0394. The third-order valence-electron chi connectivity index (χ3n) is 27.3. The average Bonchev–Trinajstić information content (AvgIpc) is 1.51. The topological polar surface area (TPSA) is 3.24 Å². The van der Waals surface area contributed by atoms with Crippen molar-refractivity contribution in [2.24, 2.45) is 0 Å². The van der Waals surface area contributed by atoms with Crippen molar-refractivity contribution in [3.05, 3.63) is 444 Å². The van der Waals surface area contributed by atoms with Crippen molar-refractivity contribution in [3.8, 4) is 55.6 Å².